The molecule has 1 aliphatic rings. The van der Waals surface area contributed by atoms with E-state index in [9.17, 15) is 13.6 Å². The Balaban J connectivity index is 1.46. The zero-order valence-electron chi connectivity index (χ0n) is 19.2. The summed E-state index contributed by atoms with van der Waals surface area (Å²) in [6.07, 6.45) is -0.836. The summed E-state index contributed by atoms with van der Waals surface area (Å²) in [6.45, 7) is 7.51. The van der Waals surface area contributed by atoms with Crippen LogP contribution < -0.4 is 5.32 Å². The van der Waals surface area contributed by atoms with Crippen LogP contribution in [0.3, 0.4) is 0 Å². The average molecular weight is 468 g/mol. The number of benzene rings is 1. The minimum absolute atomic E-state index is 0.0182. The molecule has 10 heteroatoms. The highest BCUT2D eigenvalue weighted by Crippen LogP contribution is 2.40. The third-order valence-corrected chi connectivity index (χ3v) is 6.34. The molecule has 0 radical (unpaired) electrons. The molecule has 34 heavy (non-hydrogen) atoms. The summed E-state index contributed by atoms with van der Waals surface area (Å²) in [4.78, 5) is 24.5. The van der Waals surface area contributed by atoms with Crippen molar-refractivity contribution in [3.05, 3.63) is 53.5 Å². The zero-order valence-corrected chi connectivity index (χ0v) is 19.2. The fourth-order valence-corrected chi connectivity index (χ4v) is 4.22. The van der Waals surface area contributed by atoms with E-state index in [1.165, 1.54) is 12.1 Å². The minimum Gasteiger partial charge on any atom is -0.309 e. The van der Waals surface area contributed by atoms with Crippen molar-refractivity contribution in [2.45, 2.75) is 45.6 Å². The van der Waals surface area contributed by atoms with E-state index < -0.39 is 12.3 Å². The van der Waals surface area contributed by atoms with Gasteiger partial charge in [-0.25, -0.2) is 23.3 Å². The van der Waals surface area contributed by atoms with Gasteiger partial charge in [0.1, 0.15) is 5.69 Å². The smallest absolute Gasteiger partial charge is 0.280 e. The van der Waals surface area contributed by atoms with Gasteiger partial charge in [-0.2, -0.15) is 5.10 Å². The Morgan fingerprint density at radius 1 is 1.18 bits per heavy atom. The number of fused-ring (bicyclic) bond motifs is 2. The van der Waals surface area contributed by atoms with Crippen LogP contribution in [0.1, 0.15) is 60.9 Å². The highest BCUT2D eigenvalue weighted by Gasteiger charge is 2.28. The van der Waals surface area contributed by atoms with Gasteiger partial charge in [0.2, 0.25) is 5.95 Å². The van der Waals surface area contributed by atoms with Crippen LogP contribution in [-0.4, -0.2) is 54.6 Å². The molecule has 1 amide bonds. The number of hydrogen-bond acceptors (Lipinski definition) is 5. The number of anilines is 1. The average Bonchev–Trinajstić information content (AvgIpc) is 3.50. The van der Waals surface area contributed by atoms with Gasteiger partial charge in [0.05, 0.1) is 11.0 Å². The zero-order chi connectivity index (χ0) is 23.8. The second kappa shape index (κ2) is 9.09. The van der Waals surface area contributed by atoms with Crippen LogP contribution in [0.15, 0.2) is 36.4 Å². The van der Waals surface area contributed by atoms with Crippen LogP contribution in [0.4, 0.5) is 14.7 Å². The largest absolute Gasteiger partial charge is 0.309 e. The maximum absolute atomic E-state index is 13.7. The number of alkyl halides is 2. The predicted molar refractivity (Wildman–Crippen MR) is 125 cm³/mol. The molecule has 3 aromatic heterocycles. The van der Waals surface area contributed by atoms with Crippen molar-refractivity contribution in [1.29, 1.82) is 0 Å². The number of aromatic nitrogens is 5. The number of rotatable bonds is 9. The Kier molecular flexibility index (Phi) is 5.99. The lowest BCUT2D eigenvalue weighted by molar-refractivity contribution is 0.101. The molecule has 0 spiro atoms. The lowest BCUT2D eigenvalue weighted by atomic mass is 10.2. The van der Waals surface area contributed by atoms with E-state index in [1.807, 2.05) is 28.8 Å². The van der Waals surface area contributed by atoms with Crippen LogP contribution in [0.5, 0.6) is 0 Å². The van der Waals surface area contributed by atoms with Crippen LogP contribution in [-0.2, 0) is 6.54 Å². The fourth-order valence-electron chi connectivity index (χ4n) is 4.22. The number of amides is 1. The second-order valence-corrected chi connectivity index (χ2v) is 8.54. The summed E-state index contributed by atoms with van der Waals surface area (Å²) in [6, 6.07) is 10.5. The molecule has 5 rings (SSSR count). The number of carbonyl (C=O) groups is 1. The van der Waals surface area contributed by atoms with E-state index in [-0.39, 0.29) is 23.0 Å². The lowest BCUT2D eigenvalue weighted by Gasteiger charge is -2.19. The molecule has 8 nitrogen and oxygen atoms in total. The fraction of sp³-hybridized carbons (Fsp3) is 0.417. The van der Waals surface area contributed by atoms with Gasteiger partial charge in [-0.15, -0.1) is 0 Å². The maximum Gasteiger partial charge on any atom is 0.280 e. The summed E-state index contributed by atoms with van der Waals surface area (Å²) in [7, 11) is 0. The topological polar surface area (TPSA) is 80.3 Å². The van der Waals surface area contributed by atoms with Crippen molar-refractivity contribution in [2.24, 2.45) is 0 Å². The molecule has 3 heterocycles. The van der Waals surface area contributed by atoms with E-state index in [1.54, 1.807) is 0 Å². The molecule has 0 saturated heterocycles. The molecule has 1 saturated carbocycles. The van der Waals surface area contributed by atoms with Crippen LogP contribution in [0.25, 0.3) is 16.7 Å². The Hall–Kier alpha value is -3.40. The molecule has 1 aromatic carbocycles. The van der Waals surface area contributed by atoms with Gasteiger partial charge in [0, 0.05) is 30.8 Å². The number of nitrogens with zero attached hydrogens (tertiary/aromatic N) is 6. The molecule has 0 unspecified atom stereocenters. The van der Waals surface area contributed by atoms with Crippen molar-refractivity contribution in [2.75, 3.05) is 25.0 Å². The van der Waals surface area contributed by atoms with Gasteiger partial charge in [0.25, 0.3) is 12.3 Å². The van der Waals surface area contributed by atoms with E-state index in [0.29, 0.717) is 18.2 Å². The first-order chi connectivity index (χ1) is 16.5. The van der Waals surface area contributed by atoms with Crippen LogP contribution in [0.2, 0.25) is 0 Å². The normalized spacial score (nSPS) is 14.1. The first-order valence-electron chi connectivity index (χ1n) is 11.7. The van der Waals surface area contributed by atoms with Gasteiger partial charge in [-0.05, 0) is 44.1 Å². The van der Waals surface area contributed by atoms with Crippen molar-refractivity contribution >= 4 is 28.5 Å². The van der Waals surface area contributed by atoms with Crippen molar-refractivity contribution in [3.8, 4) is 0 Å². The molecule has 1 fully saturated rings. The number of halogens is 2. The standard InChI is InChI=1S/C24H27F2N7O/c1-3-31(4-2)11-12-32-19-8-6-5-7-16(19)28-24(32)29-23(34)18-14-21-27-17(15-9-10-15)13-20(22(25)26)33(21)30-18/h5-8,13-15,22H,3-4,9-12H2,1-2H3,(H,28,29,34). The van der Waals surface area contributed by atoms with Gasteiger partial charge in [-0.1, -0.05) is 26.0 Å². The minimum atomic E-state index is -2.72. The highest BCUT2D eigenvalue weighted by molar-refractivity contribution is 6.03. The number of para-hydroxylation sites is 2. The monoisotopic (exact) mass is 467 g/mol. The number of likely N-dealkylation sites (N-methyl/N-ethyl adjacent to an activating group) is 1. The molecule has 1 N–H and O–H groups in total. The maximum atomic E-state index is 13.7. The summed E-state index contributed by atoms with van der Waals surface area (Å²) >= 11 is 0. The van der Waals surface area contributed by atoms with Crippen LogP contribution in [0, 0.1) is 0 Å². The number of nitrogens with one attached hydrogen (secondary N) is 1. The molecule has 0 atom stereocenters. The molecule has 1 aliphatic carbocycles. The SMILES string of the molecule is CCN(CC)CCn1c(NC(=O)c2cc3nc(C4CC4)cc(C(F)F)n3n2)nc2ccccc21. The summed E-state index contributed by atoms with van der Waals surface area (Å²) in [5.41, 5.74) is 2.33. The Morgan fingerprint density at radius 3 is 2.65 bits per heavy atom. The molecular formula is C24H27F2N7O. The summed E-state index contributed by atoms with van der Waals surface area (Å²) in [5.74, 6) is 0.0922. The lowest BCUT2D eigenvalue weighted by Crippen LogP contribution is -2.27. The summed E-state index contributed by atoms with van der Waals surface area (Å²) < 4.78 is 30.4. The van der Waals surface area contributed by atoms with E-state index in [4.69, 9.17) is 0 Å². The third-order valence-electron chi connectivity index (χ3n) is 6.34. The van der Waals surface area contributed by atoms with Gasteiger partial charge in [-0.3, -0.25) is 10.1 Å². The Labute approximate surface area is 195 Å². The first kappa shape index (κ1) is 22.4. The van der Waals surface area contributed by atoms with E-state index in [0.717, 1.165) is 48.0 Å². The number of imidazole rings is 1. The highest BCUT2D eigenvalue weighted by atomic mass is 19.3. The molecule has 0 aliphatic heterocycles. The van der Waals surface area contributed by atoms with Gasteiger partial charge < -0.3 is 9.47 Å². The first-order valence-corrected chi connectivity index (χ1v) is 11.7. The molecular weight excluding hydrogens is 440 g/mol. The predicted octanol–water partition coefficient (Wildman–Crippen LogP) is 4.49. The van der Waals surface area contributed by atoms with Crippen molar-refractivity contribution in [1.82, 2.24) is 29.0 Å². The quantitative estimate of drug-likeness (QED) is 0.392. The third kappa shape index (κ3) is 4.25. The Morgan fingerprint density at radius 2 is 1.94 bits per heavy atom. The molecule has 178 valence electrons. The van der Waals surface area contributed by atoms with Crippen molar-refractivity contribution in [3.63, 3.8) is 0 Å². The van der Waals surface area contributed by atoms with Gasteiger partial charge in [0.15, 0.2) is 11.3 Å². The molecule has 4 aromatic rings. The second-order valence-electron chi connectivity index (χ2n) is 8.54. The Bertz CT molecular complexity index is 1340. The van der Waals surface area contributed by atoms with E-state index >= 15 is 0 Å². The van der Waals surface area contributed by atoms with E-state index in [2.05, 4.69) is 39.1 Å². The number of carbonyl (C=O) groups excluding carboxylic acids is 1. The molecule has 0 bridgehead atoms. The van der Waals surface area contributed by atoms with Crippen LogP contribution >= 0.6 is 0 Å². The van der Waals surface area contributed by atoms with Crippen molar-refractivity contribution < 1.29 is 13.6 Å². The number of hydrogen-bond donors (Lipinski definition) is 1. The summed E-state index contributed by atoms with van der Waals surface area (Å²) in [5, 5.41) is 6.99. The van der Waals surface area contributed by atoms with Gasteiger partial charge >= 0.3 is 0 Å².